The SMILES string of the molecule is O=C(CCN(Cc1ccccc1)c1nc(-c2ccccc2Cl)nc2ccccc12)NCCN1CCOCC1. The van der Waals surface area contributed by atoms with E-state index in [4.69, 9.17) is 26.3 Å². The van der Waals surface area contributed by atoms with Crippen molar-refractivity contribution in [1.82, 2.24) is 20.2 Å². The van der Waals surface area contributed by atoms with Gasteiger partial charge >= 0.3 is 0 Å². The van der Waals surface area contributed by atoms with Crippen LogP contribution in [0.5, 0.6) is 0 Å². The quantitative estimate of drug-likeness (QED) is 0.318. The van der Waals surface area contributed by atoms with Crippen LogP contribution in [0, 0.1) is 0 Å². The number of amides is 1. The summed E-state index contributed by atoms with van der Waals surface area (Å²) in [6.07, 6.45) is 0.357. The second-order valence-corrected chi connectivity index (χ2v) is 9.74. The molecule has 0 saturated carbocycles. The summed E-state index contributed by atoms with van der Waals surface area (Å²) >= 11 is 6.52. The average molecular weight is 530 g/mol. The monoisotopic (exact) mass is 529 g/mol. The fourth-order valence-corrected chi connectivity index (χ4v) is 4.85. The van der Waals surface area contributed by atoms with Gasteiger partial charge in [0.15, 0.2) is 5.82 Å². The lowest BCUT2D eigenvalue weighted by molar-refractivity contribution is -0.121. The summed E-state index contributed by atoms with van der Waals surface area (Å²) in [6.45, 7) is 5.93. The number of ether oxygens (including phenoxy) is 1. The van der Waals surface area contributed by atoms with Crippen LogP contribution in [0.1, 0.15) is 12.0 Å². The summed E-state index contributed by atoms with van der Waals surface area (Å²) in [5.74, 6) is 1.38. The number of hydrogen-bond acceptors (Lipinski definition) is 6. The highest BCUT2D eigenvalue weighted by molar-refractivity contribution is 6.33. The van der Waals surface area contributed by atoms with E-state index in [1.165, 1.54) is 0 Å². The minimum Gasteiger partial charge on any atom is -0.379 e. The van der Waals surface area contributed by atoms with Gasteiger partial charge in [-0.25, -0.2) is 9.97 Å². The van der Waals surface area contributed by atoms with Crippen LogP contribution >= 0.6 is 11.6 Å². The molecule has 1 aliphatic heterocycles. The summed E-state index contributed by atoms with van der Waals surface area (Å²) in [5, 5.41) is 4.62. The van der Waals surface area contributed by atoms with Crippen LogP contribution in [0.15, 0.2) is 78.9 Å². The lowest BCUT2D eigenvalue weighted by atomic mass is 10.1. The molecule has 1 amide bonds. The molecule has 2 heterocycles. The van der Waals surface area contributed by atoms with E-state index in [9.17, 15) is 4.79 Å². The van der Waals surface area contributed by atoms with Crippen LogP contribution in [-0.2, 0) is 16.1 Å². The molecule has 3 aromatic carbocycles. The van der Waals surface area contributed by atoms with Gasteiger partial charge in [-0.15, -0.1) is 0 Å². The second kappa shape index (κ2) is 12.8. The number of nitrogens with zero attached hydrogens (tertiary/aromatic N) is 4. The van der Waals surface area contributed by atoms with Crippen molar-refractivity contribution >= 4 is 34.2 Å². The standard InChI is InChI=1S/C30H32ClN5O2/c31-26-12-6-4-10-24(26)29-33-27-13-7-5-11-25(27)30(34-29)36(22-23-8-2-1-3-9-23)16-14-28(37)32-15-17-35-18-20-38-21-19-35/h1-13H,14-22H2,(H,32,37). The van der Waals surface area contributed by atoms with Gasteiger partial charge < -0.3 is 15.0 Å². The molecule has 0 aliphatic carbocycles. The van der Waals surface area contributed by atoms with Crippen molar-refractivity contribution in [2.75, 3.05) is 50.8 Å². The summed E-state index contributed by atoms with van der Waals surface area (Å²) in [4.78, 5) is 27.2. The van der Waals surface area contributed by atoms with Crippen molar-refractivity contribution in [1.29, 1.82) is 0 Å². The second-order valence-electron chi connectivity index (χ2n) is 9.33. The Morgan fingerprint density at radius 1 is 0.947 bits per heavy atom. The number of carbonyl (C=O) groups excluding carboxylic acids is 1. The first-order valence-corrected chi connectivity index (χ1v) is 13.4. The highest BCUT2D eigenvalue weighted by Crippen LogP contribution is 2.31. The van der Waals surface area contributed by atoms with Crippen LogP contribution in [-0.4, -0.2) is 66.7 Å². The van der Waals surface area contributed by atoms with Crippen molar-refractivity contribution in [3.8, 4) is 11.4 Å². The van der Waals surface area contributed by atoms with E-state index in [1.54, 1.807) is 0 Å². The van der Waals surface area contributed by atoms with Crippen LogP contribution in [0.3, 0.4) is 0 Å². The minimum atomic E-state index is 0.0287. The maximum Gasteiger partial charge on any atom is 0.221 e. The van der Waals surface area contributed by atoms with Crippen molar-refractivity contribution in [2.45, 2.75) is 13.0 Å². The number of hydrogen-bond donors (Lipinski definition) is 1. The molecule has 1 saturated heterocycles. The van der Waals surface area contributed by atoms with Gasteiger partial charge in [-0.05, 0) is 29.8 Å². The van der Waals surface area contributed by atoms with E-state index in [1.807, 2.05) is 66.7 Å². The summed E-state index contributed by atoms with van der Waals surface area (Å²) in [5.41, 5.74) is 2.75. The third kappa shape index (κ3) is 6.67. The molecule has 1 aromatic heterocycles. The van der Waals surface area contributed by atoms with E-state index in [0.717, 1.165) is 60.7 Å². The molecule has 38 heavy (non-hydrogen) atoms. The molecule has 0 unspecified atom stereocenters. The molecule has 0 spiro atoms. The van der Waals surface area contributed by atoms with Crippen molar-refractivity contribution in [3.05, 3.63) is 89.4 Å². The zero-order valence-corrected chi connectivity index (χ0v) is 22.1. The third-order valence-corrected chi connectivity index (χ3v) is 7.01. The normalized spacial score (nSPS) is 13.9. The highest BCUT2D eigenvalue weighted by Gasteiger charge is 2.18. The molecular weight excluding hydrogens is 498 g/mol. The van der Waals surface area contributed by atoms with Gasteiger partial charge in [-0.3, -0.25) is 9.69 Å². The Morgan fingerprint density at radius 2 is 1.68 bits per heavy atom. The van der Waals surface area contributed by atoms with Gasteiger partial charge in [0.05, 0.1) is 23.8 Å². The molecule has 196 valence electrons. The van der Waals surface area contributed by atoms with Gasteiger partial charge in [0.25, 0.3) is 0 Å². The number of para-hydroxylation sites is 1. The largest absolute Gasteiger partial charge is 0.379 e. The Kier molecular flexibility index (Phi) is 8.81. The number of carbonyl (C=O) groups is 1. The summed E-state index contributed by atoms with van der Waals surface area (Å²) in [7, 11) is 0. The Morgan fingerprint density at radius 3 is 2.50 bits per heavy atom. The Balaban J connectivity index is 1.39. The van der Waals surface area contributed by atoms with E-state index < -0.39 is 0 Å². The number of aromatic nitrogens is 2. The molecule has 0 atom stereocenters. The molecule has 0 bridgehead atoms. The molecule has 7 nitrogen and oxygen atoms in total. The van der Waals surface area contributed by atoms with Crippen LogP contribution < -0.4 is 10.2 Å². The fourth-order valence-electron chi connectivity index (χ4n) is 4.63. The molecule has 0 radical (unpaired) electrons. The van der Waals surface area contributed by atoms with E-state index >= 15 is 0 Å². The van der Waals surface area contributed by atoms with Crippen molar-refractivity contribution in [3.63, 3.8) is 0 Å². The molecular formula is C30H32ClN5O2. The van der Waals surface area contributed by atoms with E-state index in [0.29, 0.717) is 36.9 Å². The van der Waals surface area contributed by atoms with Crippen molar-refractivity contribution in [2.24, 2.45) is 0 Å². The van der Waals surface area contributed by atoms with Gasteiger partial charge in [0, 0.05) is 56.6 Å². The van der Waals surface area contributed by atoms with Gasteiger partial charge in [-0.2, -0.15) is 0 Å². The summed E-state index contributed by atoms with van der Waals surface area (Å²) < 4.78 is 5.40. The molecule has 4 aromatic rings. The number of halogens is 1. The maximum atomic E-state index is 12.8. The molecule has 8 heteroatoms. The number of anilines is 1. The van der Waals surface area contributed by atoms with Crippen molar-refractivity contribution < 1.29 is 9.53 Å². The molecule has 5 rings (SSSR count). The maximum absolute atomic E-state index is 12.8. The number of benzene rings is 3. The first kappa shape index (κ1) is 26.1. The van der Waals surface area contributed by atoms with Gasteiger partial charge in [-0.1, -0.05) is 66.2 Å². The molecule has 1 fully saturated rings. The van der Waals surface area contributed by atoms with Crippen LogP contribution in [0.2, 0.25) is 5.02 Å². The highest BCUT2D eigenvalue weighted by atomic mass is 35.5. The zero-order chi connectivity index (χ0) is 26.2. The number of rotatable bonds is 10. The topological polar surface area (TPSA) is 70.6 Å². The predicted molar refractivity (Wildman–Crippen MR) is 152 cm³/mol. The van der Waals surface area contributed by atoms with E-state index in [-0.39, 0.29) is 5.91 Å². The van der Waals surface area contributed by atoms with Crippen LogP contribution in [0.25, 0.3) is 22.3 Å². The third-order valence-electron chi connectivity index (χ3n) is 6.68. The lowest BCUT2D eigenvalue weighted by Gasteiger charge is -2.27. The predicted octanol–water partition coefficient (Wildman–Crippen LogP) is 4.80. The number of fused-ring (bicyclic) bond motifs is 1. The first-order valence-electron chi connectivity index (χ1n) is 13.0. The molecule has 1 aliphatic rings. The zero-order valence-electron chi connectivity index (χ0n) is 21.4. The number of nitrogens with one attached hydrogen (secondary N) is 1. The molecule has 1 N–H and O–H groups in total. The fraction of sp³-hybridized carbons (Fsp3) is 0.300. The average Bonchev–Trinajstić information content (AvgIpc) is 2.96. The van der Waals surface area contributed by atoms with Gasteiger partial charge in [0.2, 0.25) is 5.91 Å². The summed E-state index contributed by atoms with van der Waals surface area (Å²) in [6, 6.07) is 25.8. The van der Waals surface area contributed by atoms with Crippen LogP contribution in [0.4, 0.5) is 5.82 Å². The van der Waals surface area contributed by atoms with E-state index in [2.05, 4.69) is 27.2 Å². The Bertz CT molecular complexity index is 1360. The Hall–Kier alpha value is -3.52. The minimum absolute atomic E-state index is 0.0287. The number of morpholine rings is 1. The smallest absolute Gasteiger partial charge is 0.221 e. The lowest BCUT2D eigenvalue weighted by Crippen LogP contribution is -2.41. The Labute approximate surface area is 228 Å². The first-order chi connectivity index (χ1) is 18.7. The van der Waals surface area contributed by atoms with Gasteiger partial charge in [0.1, 0.15) is 5.82 Å².